The fourth-order valence-corrected chi connectivity index (χ4v) is 4.33. The van der Waals surface area contributed by atoms with Crippen LogP contribution in [0.1, 0.15) is 33.2 Å². The van der Waals surface area contributed by atoms with E-state index in [1.165, 1.54) is 12.1 Å². The molecule has 0 aliphatic carbocycles. The number of ether oxygens (including phenoxy) is 1. The van der Waals surface area contributed by atoms with Gasteiger partial charge in [-0.05, 0) is 78.9 Å². The van der Waals surface area contributed by atoms with Crippen molar-refractivity contribution >= 4 is 58.1 Å². The Morgan fingerprint density at radius 2 is 1.45 bits per heavy atom. The van der Waals surface area contributed by atoms with Gasteiger partial charge in [-0.2, -0.15) is 0 Å². The summed E-state index contributed by atoms with van der Waals surface area (Å²) in [5.41, 5.74) is 2.40. The van der Waals surface area contributed by atoms with Gasteiger partial charge in [0.2, 0.25) is 5.91 Å². The minimum Gasteiger partial charge on any atom is -0.462 e. The van der Waals surface area contributed by atoms with Crippen LogP contribution in [0.15, 0.2) is 83.8 Å². The zero-order valence-electron chi connectivity index (χ0n) is 20.3. The average molecular weight is 530 g/mol. The van der Waals surface area contributed by atoms with Crippen molar-refractivity contribution in [2.45, 2.75) is 6.92 Å². The number of carbonyl (C=O) groups excluding carboxylic acids is 5. The van der Waals surface area contributed by atoms with E-state index >= 15 is 0 Å². The second-order valence-electron chi connectivity index (χ2n) is 8.06. The number of esters is 1. The SMILES string of the molecule is CCOC(=O)c1ccc(NC(=O)c2ccc(NC(=O)CN3C(=O)S/C(=C/c4ccccc4)C3=O)cc2)cc1. The van der Waals surface area contributed by atoms with Gasteiger partial charge in [-0.25, -0.2) is 4.79 Å². The number of hydrogen-bond donors (Lipinski definition) is 2. The van der Waals surface area contributed by atoms with Crippen molar-refractivity contribution in [2.24, 2.45) is 0 Å². The smallest absolute Gasteiger partial charge is 0.338 e. The van der Waals surface area contributed by atoms with Gasteiger partial charge in [-0.15, -0.1) is 0 Å². The van der Waals surface area contributed by atoms with Crippen LogP contribution in [0.5, 0.6) is 0 Å². The Morgan fingerprint density at radius 3 is 2.08 bits per heavy atom. The van der Waals surface area contributed by atoms with E-state index in [-0.39, 0.29) is 17.4 Å². The molecule has 0 unspecified atom stereocenters. The maximum absolute atomic E-state index is 12.6. The summed E-state index contributed by atoms with van der Waals surface area (Å²) in [6, 6.07) is 21.6. The van der Waals surface area contributed by atoms with Gasteiger partial charge in [-0.1, -0.05) is 30.3 Å². The zero-order valence-corrected chi connectivity index (χ0v) is 21.1. The van der Waals surface area contributed by atoms with Crippen LogP contribution in [-0.4, -0.2) is 47.0 Å². The fraction of sp³-hybridized carbons (Fsp3) is 0.107. The summed E-state index contributed by atoms with van der Waals surface area (Å²) in [6.45, 7) is 1.56. The molecule has 0 aromatic heterocycles. The second-order valence-corrected chi connectivity index (χ2v) is 9.05. The molecular formula is C28H23N3O6S. The third kappa shape index (κ3) is 6.54. The normalized spacial score (nSPS) is 13.9. The molecule has 0 saturated carbocycles. The van der Waals surface area contributed by atoms with Gasteiger partial charge in [0.15, 0.2) is 0 Å². The minimum atomic E-state index is -0.549. The van der Waals surface area contributed by atoms with Crippen LogP contribution in [0.4, 0.5) is 16.2 Å². The lowest BCUT2D eigenvalue weighted by Gasteiger charge is -2.13. The van der Waals surface area contributed by atoms with E-state index in [0.29, 0.717) is 22.5 Å². The first-order valence-electron chi connectivity index (χ1n) is 11.6. The van der Waals surface area contributed by atoms with Crippen LogP contribution in [0.2, 0.25) is 0 Å². The Morgan fingerprint density at radius 1 is 0.842 bits per heavy atom. The van der Waals surface area contributed by atoms with Crippen LogP contribution in [0.3, 0.4) is 0 Å². The number of rotatable bonds is 8. The minimum absolute atomic E-state index is 0.250. The molecule has 38 heavy (non-hydrogen) atoms. The van der Waals surface area contributed by atoms with Gasteiger partial charge in [0.1, 0.15) is 6.54 Å². The number of imide groups is 1. The summed E-state index contributed by atoms with van der Waals surface area (Å²) in [4.78, 5) is 62.9. The number of nitrogens with zero attached hydrogens (tertiary/aromatic N) is 1. The first-order chi connectivity index (χ1) is 18.3. The van der Waals surface area contributed by atoms with Gasteiger partial charge < -0.3 is 15.4 Å². The lowest BCUT2D eigenvalue weighted by molar-refractivity contribution is -0.127. The maximum atomic E-state index is 12.6. The van der Waals surface area contributed by atoms with Crippen LogP contribution in [-0.2, 0) is 14.3 Å². The maximum Gasteiger partial charge on any atom is 0.338 e. The molecule has 0 atom stereocenters. The lowest BCUT2D eigenvalue weighted by Crippen LogP contribution is -2.36. The van der Waals surface area contributed by atoms with Gasteiger partial charge in [0, 0.05) is 16.9 Å². The highest BCUT2D eigenvalue weighted by Gasteiger charge is 2.36. The van der Waals surface area contributed by atoms with E-state index in [9.17, 15) is 24.0 Å². The number of amides is 4. The van der Waals surface area contributed by atoms with E-state index in [1.807, 2.05) is 30.3 Å². The number of anilines is 2. The molecule has 4 amide bonds. The monoisotopic (exact) mass is 529 g/mol. The predicted molar refractivity (Wildman–Crippen MR) is 145 cm³/mol. The van der Waals surface area contributed by atoms with Gasteiger partial charge in [-0.3, -0.25) is 24.1 Å². The molecule has 1 aliphatic heterocycles. The Labute approximate surface area is 222 Å². The first kappa shape index (κ1) is 26.4. The molecule has 10 heteroatoms. The molecule has 0 bridgehead atoms. The number of nitrogens with one attached hydrogen (secondary N) is 2. The summed E-state index contributed by atoms with van der Waals surface area (Å²) in [5.74, 6) is -1.90. The summed E-state index contributed by atoms with van der Waals surface area (Å²) in [6.07, 6.45) is 1.61. The van der Waals surface area contributed by atoms with Crippen molar-refractivity contribution in [3.8, 4) is 0 Å². The van der Waals surface area contributed by atoms with Gasteiger partial charge in [0.05, 0.1) is 17.1 Å². The van der Waals surface area contributed by atoms with Crippen molar-refractivity contribution in [1.82, 2.24) is 4.90 Å². The average Bonchev–Trinajstić information content (AvgIpc) is 3.17. The largest absolute Gasteiger partial charge is 0.462 e. The number of thioether (sulfide) groups is 1. The fourth-order valence-electron chi connectivity index (χ4n) is 3.49. The summed E-state index contributed by atoms with van der Waals surface area (Å²) < 4.78 is 4.94. The van der Waals surface area contributed by atoms with Crippen LogP contribution >= 0.6 is 11.8 Å². The third-order valence-electron chi connectivity index (χ3n) is 5.36. The quantitative estimate of drug-likeness (QED) is 0.318. The second kappa shape index (κ2) is 12.0. The molecule has 1 fully saturated rings. The summed E-state index contributed by atoms with van der Waals surface area (Å²) >= 11 is 0.786. The van der Waals surface area contributed by atoms with Crippen molar-refractivity contribution in [1.29, 1.82) is 0 Å². The Kier molecular flexibility index (Phi) is 8.34. The van der Waals surface area contributed by atoms with Crippen molar-refractivity contribution in [3.63, 3.8) is 0 Å². The molecule has 192 valence electrons. The van der Waals surface area contributed by atoms with E-state index in [1.54, 1.807) is 49.4 Å². The van der Waals surface area contributed by atoms with E-state index in [0.717, 1.165) is 22.2 Å². The molecule has 1 heterocycles. The molecule has 0 radical (unpaired) electrons. The molecule has 4 rings (SSSR count). The highest BCUT2D eigenvalue weighted by molar-refractivity contribution is 8.18. The molecular weight excluding hydrogens is 506 g/mol. The van der Waals surface area contributed by atoms with Gasteiger partial charge >= 0.3 is 5.97 Å². The highest BCUT2D eigenvalue weighted by atomic mass is 32.2. The number of hydrogen-bond acceptors (Lipinski definition) is 7. The Bertz CT molecular complexity index is 1400. The number of carbonyl (C=O) groups is 5. The van der Waals surface area contributed by atoms with Crippen molar-refractivity contribution in [2.75, 3.05) is 23.8 Å². The summed E-state index contributed by atoms with van der Waals surface area (Å²) in [7, 11) is 0. The Hall–Kier alpha value is -4.70. The highest BCUT2D eigenvalue weighted by Crippen LogP contribution is 2.32. The predicted octanol–water partition coefficient (Wildman–Crippen LogP) is 4.79. The van der Waals surface area contributed by atoms with E-state index in [2.05, 4.69) is 10.6 Å². The van der Waals surface area contributed by atoms with Crippen LogP contribution < -0.4 is 10.6 Å². The standard InChI is InChI=1S/C28H23N3O6S/c1-2-37-27(35)20-10-14-22(15-11-20)30-25(33)19-8-12-21(13-9-19)29-24(32)17-31-26(34)23(38-28(31)36)16-18-6-4-3-5-7-18/h3-16H,2,17H2,1H3,(H,29,32)(H,30,33)/b23-16+. The zero-order chi connectivity index (χ0) is 27.1. The van der Waals surface area contributed by atoms with Crippen LogP contribution in [0, 0.1) is 0 Å². The molecule has 1 aliphatic rings. The molecule has 1 saturated heterocycles. The van der Waals surface area contributed by atoms with E-state index in [4.69, 9.17) is 4.74 Å². The van der Waals surface area contributed by atoms with Crippen molar-refractivity contribution in [3.05, 3.63) is 100 Å². The molecule has 3 aromatic rings. The van der Waals surface area contributed by atoms with Crippen LogP contribution in [0.25, 0.3) is 6.08 Å². The third-order valence-corrected chi connectivity index (χ3v) is 6.26. The summed E-state index contributed by atoms with van der Waals surface area (Å²) in [5, 5.41) is 4.84. The topological polar surface area (TPSA) is 122 Å². The molecule has 3 aromatic carbocycles. The van der Waals surface area contributed by atoms with E-state index < -0.39 is 29.6 Å². The Balaban J connectivity index is 1.31. The number of benzene rings is 3. The van der Waals surface area contributed by atoms with Gasteiger partial charge in [0.25, 0.3) is 17.1 Å². The van der Waals surface area contributed by atoms with Crippen molar-refractivity contribution < 1.29 is 28.7 Å². The lowest BCUT2D eigenvalue weighted by atomic mass is 10.1. The first-order valence-corrected chi connectivity index (χ1v) is 12.4. The molecule has 2 N–H and O–H groups in total. The molecule has 9 nitrogen and oxygen atoms in total. The molecule has 0 spiro atoms.